The molecule has 0 unspecified atom stereocenters. The average molecular weight is 299 g/mol. The van der Waals surface area contributed by atoms with Crippen LogP contribution in [0, 0.1) is 0 Å². The molecule has 0 aliphatic carbocycles. The Morgan fingerprint density at radius 3 is 2.79 bits per heavy atom. The summed E-state index contributed by atoms with van der Waals surface area (Å²) >= 11 is 11.9. The first-order valence-electron chi connectivity index (χ1n) is 6.97. The highest BCUT2D eigenvalue weighted by Gasteiger charge is 2.10. The second-order valence-corrected chi connectivity index (χ2v) is 5.63. The number of fused-ring (bicyclic) bond motifs is 1. The number of unbranched alkanes of at least 4 members (excludes halogenated alkanes) is 3. The molecule has 1 aromatic heterocycles. The lowest BCUT2D eigenvalue weighted by molar-refractivity contribution is 0.576. The first-order valence-corrected chi connectivity index (χ1v) is 7.88. The van der Waals surface area contributed by atoms with E-state index in [0.717, 1.165) is 29.3 Å². The lowest BCUT2D eigenvalue weighted by atomic mass is 10.2. The van der Waals surface area contributed by atoms with Crippen LogP contribution in [-0.2, 0) is 13.0 Å². The molecule has 0 fully saturated rings. The number of alkyl halides is 1. The molecule has 0 aliphatic heterocycles. The summed E-state index contributed by atoms with van der Waals surface area (Å²) < 4.78 is 2.30. The molecule has 1 heterocycles. The molecule has 0 amide bonds. The van der Waals surface area contributed by atoms with Crippen LogP contribution in [0.3, 0.4) is 0 Å². The largest absolute Gasteiger partial charge is 0.328 e. The number of benzene rings is 1. The van der Waals surface area contributed by atoms with Gasteiger partial charge in [-0.1, -0.05) is 37.8 Å². The van der Waals surface area contributed by atoms with Gasteiger partial charge in [0.15, 0.2) is 0 Å². The van der Waals surface area contributed by atoms with Gasteiger partial charge in [-0.15, -0.1) is 11.6 Å². The van der Waals surface area contributed by atoms with Gasteiger partial charge in [-0.3, -0.25) is 0 Å². The molecular weight excluding hydrogens is 279 g/mol. The van der Waals surface area contributed by atoms with E-state index in [4.69, 9.17) is 23.2 Å². The first kappa shape index (κ1) is 14.7. The minimum absolute atomic E-state index is 0.603. The highest BCUT2D eigenvalue weighted by Crippen LogP contribution is 2.22. The summed E-state index contributed by atoms with van der Waals surface area (Å²) in [4.78, 5) is 4.66. The smallest absolute Gasteiger partial charge is 0.111 e. The van der Waals surface area contributed by atoms with E-state index >= 15 is 0 Å². The quantitative estimate of drug-likeness (QED) is 0.516. The molecule has 2 rings (SSSR count). The fraction of sp³-hybridized carbons (Fsp3) is 0.533. The van der Waals surface area contributed by atoms with Gasteiger partial charge < -0.3 is 4.57 Å². The zero-order chi connectivity index (χ0) is 13.7. The van der Waals surface area contributed by atoms with Crippen LogP contribution in [-0.4, -0.2) is 15.4 Å². The van der Waals surface area contributed by atoms with Crippen LogP contribution in [0.2, 0.25) is 5.02 Å². The third kappa shape index (κ3) is 3.64. The van der Waals surface area contributed by atoms with Crippen LogP contribution in [0.15, 0.2) is 18.2 Å². The fourth-order valence-corrected chi connectivity index (χ4v) is 2.71. The number of rotatable bonds is 7. The van der Waals surface area contributed by atoms with Crippen molar-refractivity contribution < 1.29 is 0 Å². The van der Waals surface area contributed by atoms with E-state index in [1.54, 1.807) is 0 Å². The number of hydrogen-bond acceptors (Lipinski definition) is 1. The highest BCUT2D eigenvalue weighted by atomic mass is 35.5. The monoisotopic (exact) mass is 298 g/mol. The molecule has 104 valence electrons. The van der Waals surface area contributed by atoms with Crippen LogP contribution in [0.5, 0.6) is 0 Å². The maximum Gasteiger partial charge on any atom is 0.111 e. The van der Waals surface area contributed by atoms with Crippen molar-refractivity contribution in [2.75, 3.05) is 5.88 Å². The van der Waals surface area contributed by atoms with Crippen LogP contribution in [0.4, 0.5) is 0 Å². The molecule has 4 heteroatoms. The van der Waals surface area contributed by atoms with Crippen molar-refractivity contribution in [1.82, 2.24) is 9.55 Å². The summed E-state index contributed by atoms with van der Waals surface area (Å²) in [5, 5.41) is 0.737. The van der Waals surface area contributed by atoms with Crippen molar-refractivity contribution in [3.8, 4) is 0 Å². The summed E-state index contributed by atoms with van der Waals surface area (Å²) in [5.41, 5.74) is 2.14. The Morgan fingerprint density at radius 2 is 2.05 bits per heavy atom. The molecule has 2 nitrogen and oxygen atoms in total. The van der Waals surface area contributed by atoms with Gasteiger partial charge in [0.05, 0.1) is 11.0 Å². The molecule has 0 atom stereocenters. The molecule has 2 aromatic rings. The standard InChI is InChI=1S/C15H20Cl2N2/c1-2-3-4-5-10-19-14-7-6-12(17)11-13(14)18-15(19)8-9-16/h6-7,11H,2-5,8-10H2,1H3. The van der Waals surface area contributed by atoms with E-state index in [-0.39, 0.29) is 0 Å². The molecule has 0 saturated heterocycles. The summed E-state index contributed by atoms with van der Waals surface area (Å²) in [5.74, 6) is 1.68. The minimum atomic E-state index is 0.603. The lowest BCUT2D eigenvalue weighted by Gasteiger charge is -2.08. The maximum atomic E-state index is 6.03. The van der Waals surface area contributed by atoms with E-state index in [1.807, 2.05) is 12.1 Å². The van der Waals surface area contributed by atoms with Crippen molar-refractivity contribution in [2.24, 2.45) is 0 Å². The average Bonchev–Trinajstić information content (AvgIpc) is 2.72. The fourth-order valence-electron chi connectivity index (χ4n) is 2.37. The topological polar surface area (TPSA) is 17.8 Å². The zero-order valence-electron chi connectivity index (χ0n) is 11.3. The summed E-state index contributed by atoms with van der Waals surface area (Å²) in [6.45, 7) is 3.25. The third-order valence-electron chi connectivity index (χ3n) is 3.34. The maximum absolute atomic E-state index is 6.03. The summed E-state index contributed by atoms with van der Waals surface area (Å²) in [6.07, 6.45) is 5.82. The van der Waals surface area contributed by atoms with Gasteiger partial charge in [0.25, 0.3) is 0 Å². The third-order valence-corrected chi connectivity index (χ3v) is 3.77. The predicted molar refractivity (Wildman–Crippen MR) is 83.3 cm³/mol. The molecule has 0 N–H and O–H groups in total. The Balaban J connectivity index is 2.24. The lowest BCUT2D eigenvalue weighted by Crippen LogP contribution is -2.05. The van der Waals surface area contributed by atoms with Gasteiger partial charge in [0.1, 0.15) is 5.82 Å². The van der Waals surface area contributed by atoms with Crippen LogP contribution >= 0.6 is 23.2 Å². The van der Waals surface area contributed by atoms with Crippen LogP contribution in [0.25, 0.3) is 11.0 Å². The number of aryl methyl sites for hydroxylation is 2. The van der Waals surface area contributed by atoms with Crippen molar-refractivity contribution in [3.05, 3.63) is 29.0 Å². The number of hydrogen-bond donors (Lipinski definition) is 0. The van der Waals surface area contributed by atoms with Crippen molar-refractivity contribution >= 4 is 34.2 Å². The van der Waals surface area contributed by atoms with Gasteiger partial charge in [0.2, 0.25) is 0 Å². The molecule has 0 aliphatic rings. The van der Waals surface area contributed by atoms with Crippen molar-refractivity contribution in [1.29, 1.82) is 0 Å². The van der Waals surface area contributed by atoms with Crippen molar-refractivity contribution in [2.45, 2.75) is 45.6 Å². The van der Waals surface area contributed by atoms with Crippen LogP contribution in [0.1, 0.15) is 38.4 Å². The Kier molecular flexibility index (Phi) is 5.53. The van der Waals surface area contributed by atoms with Crippen molar-refractivity contribution in [3.63, 3.8) is 0 Å². The highest BCUT2D eigenvalue weighted by molar-refractivity contribution is 6.31. The second kappa shape index (κ2) is 7.16. The second-order valence-electron chi connectivity index (χ2n) is 4.81. The van der Waals surface area contributed by atoms with E-state index in [9.17, 15) is 0 Å². The summed E-state index contributed by atoms with van der Waals surface area (Å²) in [6, 6.07) is 5.91. The first-order chi connectivity index (χ1) is 9.26. The Hall–Kier alpha value is -0.730. The van der Waals surface area contributed by atoms with Gasteiger partial charge in [-0.25, -0.2) is 4.98 Å². The molecule has 0 radical (unpaired) electrons. The van der Waals surface area contributed by atoms with Crippen LogP contribution < -0.4 is 0 Å². The Morgan fingerprint density at radius 1 is 1.21 bits per heavy atom. The normalized spacial score (nSPS) is 11.3. The Bertz CT molecular complexity index is 534. The number of aromatic nitrogens is 2. The molecular formula is C15H20Cl2N2. The van der Waals surface area contributed by atoms with E-state index in [0.29, 0.717) is 5.88 Å². The predicted octanol–water partition coefficient (Wildman–Crippen LogP) is 5.05. The van der Waals surface area contributed by atoms with Gasteiger partial charge >= 0.3 is 0 Å². The Labute approximate surface area is 124 Å². The number of imidazole rings is 1. The number of halogens is 2. The number of nitrogens with zero attached hydrogens (tertiary/aromatic N) is 2. The van der Waals surface area contributed by atoms with Gasteiger partial charge in [0, 0.05) is 23.9 Å². The molecule has 1 aromatic carbocycles. The van der Waals surface area contributed by atoms with E-state index < -0.39 is 0 Å². The van der Waals surface area contributed by atoms with Gasteiger partial charge in [-0.2, -0.15) is 0 Å². The molecule has 0 spiro atoms. The van der Waals surface area contributed by atoms with Gasteiger partial charge in [-0.05, 0) is 24.6 Å². The van der Waals surface area contributed by atoms with E-state index in [1.165, 1.54) is 31.2 Å². The summed E-state index contributed by atoms with van der Waals surface area (Å²) in [7, 11) is 0. The minimum Gasteiger partial charge on any atom is -0.328 e. The molecule has 0 saturated carbocycles. The molecule has 0 bridgehead atoms. The molecule has 19 heavy (non-hydrogen) atoms. The van der Waals surface area contributed by atoms with E-state index in [2.05, 4.69) is 22.5 Å². The zero-order valence-corrected chi connectivity index (χ0v) is 12.8. The SMILES string of the molecule is CCCCCCn1c(CCCl)nc2cc(Cl)ccc21.